The lowest BCUT2D eigenvalue weighted by Gasteiger charge is -2.33. The van der Waals surface area contributed by atoms with Crippen LogP contribution in [0.3, 0.4) is 0 Å². The van der Waals surface area contributed by atoms with Crippen LogP contribution in [0.25, 0.3) is 22.2 Å². The topological polar surface area (TPSA) is 97.6 Å². The highest BCUT2D eigenvalue weighted by Crippen LogP contribution is 2.31. The number of aromatic nitrogens is 3. The number of methoxy groups -OCH3 is 1. The quantitative estimate of drug-likeness (QED) is 0.395. The fourth-order valence-corrected chi connectivity index (χ4v) is 6.91. The predicted molar refractivity (Wildman–Crippen MR) is 134 cm³/mol. The molecule has 1 fully saturated rings. The van der Waals surface area contributed by atoms with Gasteiger partial charge in [-0.2, -0.15) is 9.40 Å². The number of amides is 1. The minimum atomic E-state index is -3.51. The number of hydrogen-bond donors (Lipinski definition) is 0. The van der Waals surface area contributed by atoms with Gasteiger partial charge in [0.25, 0.3) is 10.0 Å². The summed E-state index contributed by atoms with van der Waals surface area (Å²) >= 11 is 1.20. The van der Waals surface area contributed by atoms with E-state index in [0.29, 0.717) is 22.9 Å². The second-order valence-corrected chi connectivity index (χ2v) is 11.4. The highest BCUT2D eigenvalue weighted by molar-refractivity contribution is 7.91. The lowest BCUT2D eigenvalue weighted by atomic mass is 10.0. The second-order valence-electron chi connectivity index (χ2n) is 8.25. The lowest BCUT2D eigenvalue weighted by Crippen LogP contribution is -2.51. The average Bonchev–Trinajstić information content (AvgIpc) is 3.54. The summed E-state index contributed by atoms with van der Waals surface area (Å²) in [6, 6.07) is 13.1. The van der Waals surface area contributed by atoms with Crippen molar-refractivity contribution in [3.05, 3.63) is 59.7 Å². The number of fused-ring (bicyclic) bond motifs is 1. The molecule has 3 aromatic heterocycles. The van der Waals surface area contributed by atoms with E-state index in [9.17, 15) is 13.2 Å². The number of carbonyl (C=O) groups excluding carboxylic acids is 1. The van der Waals surface area contributed by atoms with E-state index in [0.717, 1.165) is 28.0 Å². The molecule has 0 N–H and O–H groups in total. The van der Waals surface area contributed by atoms with Gasteiger partial charge in [-0.1, -0.05) is 18.2 Å². The van der Waals surface area contributed by atoms with E-state index in [-0.39, 0.29) is 25.5 Å². The molecule has 4 heterocycles. The Hall–Kier alpha value is -3.28. The third-order valence-electron chi connectivity index (χ3n) is 6.17. The van der Waals surface area contributed by atoms with Crippen LogP contribution in [0.1, 0.15) is 5.69 Å². The molecular weight excluding hydrogens is 486 g/mol. The van der Waals surface area contributed by atoms with E-state index in [4.69, 9.17) is 4.74 Å². The zero-order chi connectivity index (χ0) is 24.6. The molecule has 0 bridgehead atoms. The molecule has 0 saturated carbocycles. The van der Waals surface area contributed by atoms with E-state index < -0.39 is 10.0 Å². The molecule has 5 rings (SSSR count). The summed E-state index contributed by atoms with van der Waals surface area (Å²) in [5.41, 5.74) is 3.43. The molecule has 1 aliphatic heterocycles. The van der Waals surface area contributed by atoms with Crippen LogP contribution in [0, 0.1) is 6.92 Å². The number of thiophene rings is 1. The van der Waals surface area contributed by atoms with Crippen LogP contribution < -0.4 is 4.74 Å². The molecular formula is C24H25N5O4S2. The minimum absolute atomic E-state index is 0.0427. The van der Waals surface area contributed by atoms with Gasteiger partial charge in [-0.05, 0) is 47.7 Å². The van der Waals surface area contributed by atoms with E-state index in [1.165, 1.54) is 15.6 Å². The van der Waals surface area contributed by atoms with Gasteiger partial charge >= 0.3 is 0 Å². The number of aryl methyl sites for hydroxylation is 1. The van der Waals surface area contributed by atoms with Gasteiger partial charge in [0.1, 0.15) is 16.5 Å². The molecule has 4 aromatic rings. The van der Waals surface area contributed by atoms with Gasteiger partial charge in [-0.3, -0.25) is 4.79 Å². The summed E-state index contributed by atoms with van der Waals surface area (Å²) in [6.45, 7) is 3.17. The molecule has 1 saturated heterocycles. The first-order chi connectivity index (χ1) is 16.9. The van der Waals surface area contributed by atoms with Crippen LogP contribution in [0.2, 0.25) is 0 Å². The molecule has 0 radical (unpaired) electrons. The van der Waals surface area contributed by atoms with E-state index >= 15 is 0 Å². The van der Waals surface area contributed by atoms with Crippen molar-refractivity contribution in [2.45, 2.75) is 17.7 Å². The second kappa shape index (κ2) is 9.40. The number of nitrogens with zero attached hydrogens (tertiary/aromatic N) is 5. The number of benzene rings is 1. The van der Waals surface area contributed by atoms with Crippen molar-refractivity contribution in [1.29, 1.82) is 0 Å². The molecule has 0 spiro atoms. The maximum absolute atomic E-state index is 13.1. The zero-order valence-electron chi connectivity index (χ0n) is 19.4. The zero-order valence-corrected chi connectivity index (χ0v) is 21.1. The summed E-state index contributed by atoms with van der Waals surface area (Å²) in [4.78, 5) is 19.3. The molecule has 1 amide bonds. The smallest absolute Gasteiger partial charge is 0.252 e. The fourth-order valence-electron chi connectivity index (χ4n) is 4.35. The Balaban J connectivity index is 1.32. The van der Waals surface area contributed by atoms with Crippen LogP contribution in [0.15, 0.2) is 58.3 Å². The van der Waals surface area contributed by atoms with Crippen molar-refractivity contribution in [2.24, 2.45) is 0 Å². The summed E-state index contributed by atoms with van der Waals surface area (Å²) in [5.74, 6) is 0.666. The number of pyridine rings is 1. The number of ether oxygens (including phenoxy) is 1. The van der Waals surface area contributed by atoms with Gasteiger partial charge in [0, 0.05) is 37.8 Å². The number of carbonyl (C=O) groups is 1. The third-order valence-corrected chi connectivity index (χ3v) is 9.45. The minimum Gasteiger partial charge on any atom is -0.497 e. The van der Waals surface area contributed by atoms with Gasteiger partial charge in [0.05, 0.1) is 12.8 Å². The highest BCUT2D eigenvalue weighted by atomic mass is 32.2. The first-order valence-corrected chi connectivity index (χ1v) is 13.5. The summed E-state index contributed by atoms with van der Waals surface area (Å²) < 4.78 is 34.2. The Morgan fingerprint density at radius 3 is 2.49 bits per heavy atom. The van der Waals surface area contributed by atoms with Crippen LogP contribution in [0.5, 0.6) is 5.75 Å². The Morgan fingerprint density at radius 1 is 1.09 bits per heavy atom. The number of piperazine rings is 1. The van der Waals surface area contributed by atoms with Crippen molar-refractivity contribution in [1.82, 2.24) is 24.0 Å². The standard InChI is InChI=1S/C24H25N5O4S2/c1-17-23-20(18-5-7-19(33-2)8-6-18)9-10-25-24(23)29(26-17)16-21(30)27-11-13-28(14-12-27)35(31,32)22-4-3-15-34-22/h3-10,15H,11-14,16H2,1-2H3. The van der Waals surface area contributed by atoms with Crippen molar-refractivity contribution < 1.29 is 17.9 Å². The van der Waals surface area contributed by atoms with Crippen molar-refractivity contribution >= 4 is 38.3 Å². The highest BCUT2D eigenvalue weighted by Gasteiger charge is 2.31. The molecule has 1 aliphatic rings. The Morgan fingerprint density at radius 2 is 1.83 bits per heavy atom. The first-order valence-electron chi connectivity index (χ1n) is 11.2. The Labute approximate surface area is 207 Å². The monoisotopic (exact) mass is 511 g/mol. The number of hydrogen-bond acceptors (Lipinski definition) is 7. The normalized spacial score (nSPS) is 15.0. The summed E-state index contributed by atoms with van der Waals surface area (Å²) in [6.07, 6.45) is 1.72. The van der Waals surface area contributed by atoms with Crippen LogP contribution >= 0.6 is 11.3 Å². The van der Waals surface area contributed by atoms with Crippen LogP contribution in [-0.2, 0) is 21.4 Å². The molecule has 11 heteroatoms. The maximum Gasteiger partial charge on any atom is 0.252 e. The Bertz CT molecular complexity index is 1460. The SMILES string of the molecule is COc1ccc(-c2ccnc3c2c(C)nn3CC(=O)N2CCN(S(=O)(=O)c3cccs3)CC2)cc1. The van der Waals surface area contributed by atoms with E-state index in [2.05, 4.69) is 10.1 Å². The molecule has 0 unspecified atom stereocenters. The van der Waals surface area contributed by atoms with Crippen molar-refractivity contribution in [2.75, 3.05) is 33.3 Å². The molecule has 1 aromatic carbocycles. The lowest BCUT2D eigenvalue weighted by molar-refractivity contribution is -0.133. The molecule has 0 aliphatic carbocycles. The van der Waals surface area contributed by atoms with Crippen LogP contribution in [-0.4, -0.2) is 71.6 Å². The van der Waals surface area contributed by atoms with Gasteiger partial charge in [-0.25, -0.2) is 18.1 Å². The average molecular weight is 512 g/mol. The van der Waals surface area contributed by atoms with Gasteiger partial charge in [0.2, 0.25) is 5.91 Å². The largest absolute Gasteiger partial charge is 0.497 e. The fraction of sp³-hybridized carbons (Fsp3) is 0.292. The molecule has 9 nitrogen and oxygen atoms in total. The van der Waals surface area contributed by atoms with Gasteiger partial charge in [-0.15, -0.1) is 11.3 Å². The van der Waals surface area contributed by atoms with Gasteiger partial charge < -0.3 is 9.64 Å². The predicted octanol–water partition coefficient (Wildman–Crippen LogP) is 3.01. The maximum atomic E-state index is 13.1. The molecule has 182 valence electrons. The third kappa shape index (κ3) is 4.42. The first kappa shape index (κ1) is 23.5. The van der Waals surface area contributed by atoms with Crippen molar-refractivity contribution in [3.8, 4) is 16.9 Å². The van der Waals surface area contributed by atoms with E-state index in [1.54, 1.807) is 40.4 Å². The van der Waals surface area contributed by atoms with Crippen LogP contribution in [0.4, 0.5) is 0 Å². The summed E-state index contributed by atoms with van der Waals surface area (Å²) in [7, 11) is -1.88. The Kier molecular flexibility index (Phi) is 6.30. The molecule has 35 heavy (non-hydrogen) atoms. The summed E-state index contributed by atoms with van der Waals surface area (Å²) in [5, 5.41) is 7.26. The molecule has 0 atom stereocenters. The van der Waals surface area contributed by atoms with Gasteiger partial charge in [0.15, 0.2) is 5.65 Å². The number of rotatable bonds is 6. The number of sulfonamides is 1. The van der Waals surface area contributed by atoms with Crippen molar-refractivity contribution in [3.63, 3.8) is 0 Å². The van der Waals surface area contributed by atoms with E-state index in [1.807, 2.05) is 37.3 Å².